The smallest absolute Gasteiger partial charge is 0.269 e. The maximum atomic E-state index is 13.0. The molecule has 1 heterocycles. The zero-order valence-corrected chi connectivity index (χ0v) is 18.9. The molecule has 0 aromatic heterocycles. The first-order valence-corrected chi connectivity index (χ1v) is 12.3. The van der Waals surface area contributed by atoms with Gasteiger partial charge in [0, 0.05) is 28.8 Å². The summed E-state index contributed by atoms with van der Waals surface area (Å²) in [5, 5.41) is 15.2. The second kappa shape index (κ2) is 8.20. The van der Waals surface area contributed by atoms with Gasteiger partial charge in [-0.25, -0.2) is 8.42 Å². The predicted octanol–water partition coefficient (Wildman–Crippen LogP) is 5.88. The number of benzene rings is 3. The molecule has 0 amide bonds. The van der Waals surface area contributed by atoms with Crippen LogP contribution in [-0.2, 0) is 10.0 Å². The van der Waals surface area contributed by atoms with E-state index in [-0.39, 0.29) is 28.5 Å². The number of hydrogen-bond acceptors (Lipinski definition) is 5. The third-order valence-electron chi connectivity index (χ3n) is 6.16. The van der Waals surface area contributed by atoms with Crippen LogP contribution in [0.1, 0.15) is 29.5 Å². The summed E-state index contributed by atoms with van der Waals surface area (Å²) in [6, 6.07) is 18.1. The SMILES string of the molecule is O=[N+]([O-])c1cccc([C@H]2Nc3ccc(S(=O)(=O)Nc4cccc(Cl)c4)cc3[C@H]3C=CC[C@H]32)c1. The van der Waals surface area contributed by atoms with Crippen LogP contribution in [0, 0.1) is 16.0 Å². The van der Waals surface area contributed by atoms with Crippen LogP contribution < -0.4 is 10.0 Å². The van der Waals surface area contributed by atoms with E-state index in [4.69, 9.17) is 11.6 Å². The Hall–Kier alpha value is -3.36. The molecular formula is C24H20ClN3O4S. The number of hydrogen-bond donors (Lipinski definition) is 2. The summed E-state index contributed by atoms with van der Waals surface area (Å²) < 4.78 is 28.6. The van der Waals surface area contributed by atoms with E-state index in [1.165, 1.54) is 6.07 Å². The highest BCUT2D eigenvalue weighted by Gasteiger charge is 2.38. The number of nitro benzene ring substituents is 1. The molecule has 0 saturated carbocycles. The van der Waals surface area contributed by atoms with E-state index in [2.05, 4.69) is 22.2 Å². The van der Waals surface area contributed by atoms with Gasteiger partial charge in [0.05, 0.1) is 21.5 Å². The first-order chi connectivity index (χ1) is 15.8. The molecular weight excluding hydrogens is 462 g/mol. The van der Waals surface area contributed by atoms with Crippen molar-refractivity contribution in [1.29, 1.82) is 0 Å². The summed E-state index contributed by atoms with van der Waals surface area (Å²) in [5.74, 6) is 0.130. The Morgan fingerprint density at radius 3 is 2.67 bits per heavy atom. The van der Waals surface area contributed by atoms with Crippen LogP contribution in [0.2, 0.25) is 5.02 Å². The van der Waals surface area contributed by atoms with Gasteiger partial charge in [0.2, 0.25) is 0 Å². The van der Waals surface area contributed by atoms with Crippen LogP contribution in [0.25, 0.3) is 0 Å². The number of nitrogens with one attached hydrogen (secondary N) is 2. The highest BCUT2D eigenvalue weighted by Crippen LogP contribution is 2.50. The van der Waals surface area contributed by atoms with E-state index in [9.17, 15) is 18.5 Å². The highest BCUT2D eigenvalue weighted by atomic mass is 35.5. The van der Waals surface area contributed by atoms with Gasteiger partial charge >= 0.3 is 0 Å². The van der Waals surface area contributed by atoms with Crippen molar-refractivity contribution in [2.75, 3.05) is 10.0 Å². The second-order valence-electron chi connectivity index (χ2n) is 8.19. The minimum absolute atomic E-state index is 0.00633. The van der Waals surface area contributed by atoms with Crippen molar-refractivity contribution < 1.29 is 13.3 Å². The van der Waals surface area contributed by atoms with Gasteiger partial charge in [0.25, 0.3) is 15.7 Å². The molecule has 0 radical (unpaired) electrons. The molecule has 33 heavy (non-hydrogen) atoms. The molecule has 1 aliphatic heterocycles. The Kier molecular flexibility index (Phi) is 5.34. The largest absolute Gasteiger partial charge is 0.378 e. The van der Waals surface area contributed by atoms with Crippen molar-refractivity contribution in [1.82, 2.24) is 0 Å². The summed E-state index contributed by atoms with van der Waals surface area (Å²) in [7, 11) is -3.81. The third kappa shape index (κ3) is 4.07. The zero-order valence-electron chi connectivity index (χ0n) is 17.3. The first-order valence-electron chi connectivity index (χ1n) is 10.4. The lowest BCUT2D eigenvalue weighted by molar-refractivity contribution is -0.384. The van der Waals surface area contributed by atoms with Crippen molar-refractivity contribution in [3.63, 3.8) is 0 Å². The van der Waals surface area contributed by atoms with E-state index in [1.54, 1.807) is 54.6 Å². The zero-order chi connectivity index (χ0) is 23.2. The quantitative estimate of drug-likeness (QED) is 0.269. The average molecular weight is 482 g/mol. The molecule has 0 unspecified atom stereocenters. The number of non-ortho nitro benzene ring substituents is 1. The number of anilines is 2. The molecule has 3 aromatic carbocycles. The lowest BCUT2D eigenvalue weighted by Gasteiger charge is -2.37. The van der Waals surface area contributed by atoms with Gasteiger partial charge in [-0.1, -0.05) is 42.0 Å². The van der Waals surface area contributed by atoms with Crippen molar-refractivity contribution in [2.24, 2.45) is 5.92 Å². The number of sulfonamides is 1. The van der Waals surface area contributed by atoms with E-state index >= 15 is 0 Å². The second-order valence-corrected chi connectivity index (χ2v) is 10.3. The number of fused-ring (bicyclic) bond motifs is 3. The van der Waals surface area contributed by atoms with Gasteiger partial charge in [-0.3, -0.25) is 14.8 Å². The van der Waals surface area contributed by atoms with Crippen LogP contribution >= 0.6 is 11.6 Å². The van der Waals surface area contributed by atoms with Gasteiger partial charge in [-0.05, 0) is 59.9 Å². The van der Waals surface area contributed by atoms with Crippen molar-refractivity contribution >= 4 is 38.7 Å². The molecule has 5 rings (SSSR count). The molecule has 2 aliphatic rings. The summed E-state index contributed by atoms with van der Waals surface area (Å²) in [6.07, 6.45) is 4.97. The monoisotopic (exact) mass is 481 g/mol. The molecule has 7 nitrogen and oxygen atoms in total. The molecule has 0 bridgehead atoms. The molecule has 1 aliphatic carbocycles. The Balaban J connectivity index is 1.49. The fraction of sp³-hybridized carbons (Fsp3) is 0.167. The van der Waals surface area contributed by atoms with Crippen LogP contribution in [0.4, 0.5) is 17.1 Å². The van der Waals surface area contributed by atoms with Gasteiger partial charge < -0.3 is 5.32 Å². The Morgan fingerprint density at radius 1 is 1.06 bits per heavy atom. The topological polar surface area (TPSA) is 101 Å². The lowest BCUT2D eigenvalue weighted by atomic mass is 9.77. The first kappa shape index (κ1) is 21.5. The Morgan fingerprint density at radius 2 is 1.88 bits per heavy atom. The van der Waals surface area contributed by atoms with Crippen molar-refractivity contribution in [3.8, 4) is 0 Å². The minimum atomic E-state index is -3.81. The van der Waals surface area contributed by atoms with Crippen molar-refractivity contribution in [3.05, 3.63) is 105 Å². The number of rotatable bonds is 5. The number of nitro groups is 1. The lowest BCUT2D eigenvalue weighted by Crippen LogP contribution is -2.29. The van der Waals surface area contributed by atoms with Gasteiger partial charge in [-0.15, -0.1) is 0 Å². The summed E-state index contributed by atoms with van der Waals surface area (Å²) in [4.78, 5) is 11.0. The Labute approximate surface area is 196 Å². The van der Waals surface area contributed by atoms with Crippen LogP contribution in [-0.4, -0.2) is 13.3 Å². The highest BCUT2D eigenvalue weighted by molar-refractivity contribution is 7.92. The summed E-state index contributed by atoms with van der Waals surface area (Å²) in [6.45, 7) is 0. The van der Waals surface area contributed by atoms with Crippen molar-refractivity contribution in [2.45, 2.75) is 23.3 Å². The minimum Gasteiger partial charge on any atom is -0.378 e. The molecule has 0 fully saturated rings. The van der Waals surface area contributed by atoms with Gasteiger partial charge in [0.15, 0.2) is 0 Å². The molecule has 3 aromatic rings. The van der Waals surface area contributed by atoms with Crippen LogP contribution in [0.15, 0.2) is 83.8 Å². The van der Waals surface area contributed by atoms with E-state index in [0.717, 1.165) is 23.2 Å². The number of halogens is 1. The Bertz CT molecular complexity index is 1390. The molecule has 2 N–H and O–H groups in total. The third-order valence-corrected chi connectivity index (χ3v) is 7.78. The van der Waals surface area contributed by atoms with E-state index in [1.807, 2.05) is 6.07 Å². The summed E-state index contributed by atoms with van der Waals surface area (Å²) in [5.41, 5.74) is 3.00. The maximum Gasteiger partial charge on any atom is 0.269 e. The normalized spacial score (nSPS) is 21.1. The molecule has 168 valence electrons. The van der Waals surface area contributed by atoms with E-state index in [0.29, 0.717) is 10.7 Å². The fourth-order valence-corrected chi connectivity index (χ4v) is 5.94. The molecule has 0 saturated heterocycles. The molecule has 9 heteroatoms. The van der Waals surface area contributed by atoms with Gasteiger partial charge in [0.1, 0.15) is 0 Å². The average Bonchev–Trinajstić information content (AvgIpc) is 3.28. The molecule has 3 atom stereocenters. The fourth-order valence-electron chi connectivity index (χ4n) is 4.67. The molecule has 0 spiro atoms. The summed E-state index contributed by atoms with van der Waals surface area (Å²) >= 11 is 5.98. The number of allylic oxidation sites excluding steroid dienone is 2. The van der Waals surface area contributed by atoms with Gasteiger partial charge in [-0.2, -0.15) is 0 Å². The van der Waals surface area contributed by atoms with Crippen LogP contribution in [0.5, 0.6) is 0 Å². The number of nitrogens with zero attached hydrogens (tertiary/aromatic N) is 1. The standard InChI is InChI=1S/C24H20ClN3O4S/c25-16-5-2-6-17(13-16)27-33(31,32)19-10-11-23-22(14-19)20-8-3-9-21(20)24(26-23)15-4-1-7-18(12-15)28(29)30/h1-8,10-14,20-21,24,26-27H,9H2/t20-,21+,24+/m0/s1. The van der Waals surface area contributed by atoms with Crippen LogP contribution in [0.3, 0.4) is 0 Å². The predicted molar refractivity (Wildman–Crippen MR) is 128 cm³/mol. The van der Waals surface area contributed by atoms with E-state index < -0.39 is 14.9 Å². The maximum absolute atomic E-state index is 13.0.